The molecule has 2 aromatic heterocycles. The number of carbonyl (C=O) groups excluding carboxylic acids is 1. The Morgan fingerprint density at radius 3 is 2.55 bits per heavy atom. The van der Waals surface area contributed by atoms with Gasteiger partial charge in [0.1, 0.15) is 5.56 Å². The van der Waals surface area contributed by atoms with Gasteiger partial charge >= 0.3 is 6.18 Å². The first-order valence-corrected chi connectivity index (χ1v) is 10.0. The van der Waals surface area contributed by atoms with Crippen molar-refractivity contribution in [1.29, 1.82) is 0 Å². The number of rotatable bonds is 3. The normalized spacial score (nSPS) is 12.9. The van der Waals surface area contributed by atoms with E-state index in [0.29, 0.717) is 32.3 Å². The highest BCUT2D eigenvalue weighted by atomic mass is 35.5. The number of nitrogens with zero attached hydrogens (tertiary/aromatic N) is 3. The lowest BCUT2D eigenvalue weighted by molar-refractivity contribution is -0.142. The molecule has 0 aliphatic carbocycles. The van der Waals surface area contributed by atoms with Crippen molar-refractivity contribution in [3.05, 3.63) is 70.5 Å². The van der Waals surface area contributed by atoms with Crippen LogP contribution in [-0.4, -0.2) is 27.3 Å². The minimum atomic E-state index is -4.73. The SMILES string of the molecule is Cc1nn2c(C(F)(F)F)cc(-c3ccc(Cl)cc3)nc2c1C(=O)Nc1ccc2c(c1)OCO2. The van der Waals surface area contributed by atoms with Crippen molar-refractivity contribution in [2.45, 2.75) is 13.1 Å². The second kappa shape index (κ2) is 7.66. The Balaban J connectivity index is 1.62. The second-order valence-corrected chi connectivity index (χ2v) is 7.69. The van der Waals surface area contributed by atoms with Gasteiger partial charge in [0, 0.05) is 22.3 Å². The maximum Gasteiger partial charge on any atom is 0.433 e. The summed E-state index contributed by atoms with van der Waals surface area (Å²) in [6.07, 6.45) is -4.73. The maximum absolute atomic E-state index is 13.9. The lowest BCUT2D eigenvalue weighted by atomic mass is 10.1. The second-order valence-electron chi connectivity index (χ2n) is 7.25. The average Bonchev–Trinajstić information content (AvgIpc) is 3.35. The molecule has 0 radical (unpaired) electrons. The number of hydrogen-bond acceptors (Lipinski definition) is 5. The number of benzene rings is 2. The number of alkyl halides is 3. The van der Waals surface area contributed by atoms with Crippen LogP contribution in [0.25, 0.3) is 16.9 Å². The maximum atomic E-state index is 13.9. The van der Waals surface area contributed by atoms with Gasteiger partial charge in [-0.05, 0) is 37.3 Å². The molecule has 0 bridgehead atoms. The van der Waals surface area contributed by atoms with E-state index in [1.807, 2.05) is 0 Å². The zero-order valence-corrected chi connectivity index (χ0v) is 17.7. The lowest BCUT2D eigenvalue weighted by Gasteiger charge is -2.12. The first-order chi connectivity index (χ1) is 15.7. The molecule has 168 valence electrons. The Hall–Kier alpha value is -3.79. The summed E-state index contributed by atoms with van der Waals surface area (Å²) in [5.41, 5.74) is -0.425. The summed E-state index contributed by atoms with van der Waals surface area (Å²) in [5, 5.41) is 7.05. The molecular weight excluding hydrogens is 461 g/mol. The zero-order chi connectivity index (χ0) is 23.3. The van der Waals surface area contributed by atoms with Gasteiger partial charge in [0.25, 0.3) is 5.91 Å². The number of anilines is 1. The summed E-state index contributed by atoms with van der Waals surface area (Å²) in [5.74, 6) is 0.325. The Morgan fingerprint density at radius 2 is 1.82 bits per heavy atom. The minimum Gasteiger partial charge on any atom is -0.454 e. The van der Waals surface area contributed by atoms with Gasteiger partial charge in [-0.2, -0.15) is 18.3 Å². The molecule has 3 heterocycles. The van der Waals surface area contributed by atoms with Crippen molar-refractivity contribution < 1.29 is 27.4 Å². The highest BCUT2D eigenvalue weighted by Gasteiger charge is 2.36. The molecule has 7 nitrogen and oxygen atoms in total. The summed E-state index contributed by atoms with van der Waals surface area (Å²) in [4.78, 5) is 17.4. The molecule has 4 aromatic rings. The fraction of sp³-hybridized carbons (Fsp3) is 0.136. The van der Waals surface area contributed by atoms with E-state index in [0.717, 1.165) is 6.07 Å². The van der Waals surface area contributed by atoms with Gasteiger partial charge in [-0.3, -0.25) is 4.79 Å². The summed E-state index contributed by atoms with van der Waals surface area (Å²) in [6, 6.07) is 11.9. The summed E-state index contributed by atoms with van der Waals surface area (Å²) in [7, 11) is 0. The third-order valence-electron chi connectivity index (χ3n) is 5.05. The molecule has 0 saturated heterocycles. The van der Waals surface area contributed by atoms with Crippen LogP contribution in [0.4, 0.5) is 18.9 Å². The van der Waals surface area contributed by atoms with Crippen LogP contribution in [-0.2, 0) is 6.18 Å². The van der Waals surface area contributed by atoms with Crippen molar-refractivity contribution in [3.8, 4) is 22.8 Å². The molecule has 1 N–H and O–H groups in total. The van der Waals surface area contributed by atoms with Gasteiger partial charge in [-0.15, -0.1) is 0 Å². The van der Waals surface area contributed by atoms with Crippen LogP contribution in [0.1, 0.15) is 21.7 Å². The smallest absolute Gasteiger partial charge is 0.433 e. The van der Waals surface area contributed by atoms with Crippen LogP contribution in [0.5, 0.6) is 11.5 Å². The number of carbonyl (C=O) groups is 1. The predicted octanol–water partition coefficient (Wildman–Crippen LogP) is 5.36. The Bertz CT molecular complexity index is 1400. The Kier molecular flexibility index (Phi) is 4.89. The first-order valence-electron chi connectivity index (χ1n) is 9.65. The molecule has 0 fully saturated rings. The molecule has 0 spiro atoms. The molecule has 1 aliphatic rings. The van der Waals surface area contributed by atoms with Crippen molar-refractivity contribution in [2.75, 3.05) is 12.1 Å². The number of amides is 1. The summed E-state index contributed by atoms with van der Waals surface area (Å²) in [6.45, 7) is 1.52. The van der Waals surface area contributed by atoms with Crippen molar-refractivity contribution in [1.82, 2.24) is 14.6 Å². The van der Waals surface area contributed by atoms with Gasteiger partial charge in [-0.1, -0.05) is 23.7 Å². The number of fused-ring (bicyclic) bond motifs is 2. The van der Waals surface area contributed by atoms with Crippen LogP contribution >= 0.6 is 11.6 Å². The first kappa shape index (κ1) is 21.1. The standard InChI is InChI=1S/C22H14ClF3N4O3/c1-11-19(21(31)27-14-6-7-16-17(8-14)33-10-32-16)20-28-15(12-2-4-13(23)5-3-12)9-18(22(24,25)26)30(20)29-11/h2-9H,10H2,1H3,(H,27,31). The lowest BCUT2D eigenvalue weighted by Crippen LogP contribution is -2.16. The number of ether oxygens (including phenoxy) is 2. The van der Waals surface area contributed by atoms with E-state index in [1.165, 1.54) is 6.92 Å². The van der Waals surface area contributed by atoms with Crippen LogP contribution in [0.2, 0.25) is 5.02 Å². The monoisotopic (exact) mass is 474 g/mol. The van der Waals surface area contributed by atoms with Crippen LogP contribution in [0.15, 0.2) is 48.5 Å². The number of halogens is 4. The summed E-state index contributed by atoms with van der Waals surface area (Å²) >= 11 is 5.90. The molecule has 0 unspecified atom stereocenters. The largest absolute Gasteiger partial charge is 0.454 e. The van der Waals surface area contributed by atoms with E-state index < -0.39 is 17.8 Å². The van der Waals surface area contributed by atoms with Crippen LogP contribution < -0.4 is 14.8 Å². The van der Waals surface area contributed by atoms with Gasteiger partial charge in [0.2, 0.25) is 6.79 Å². The van der Waals surface area contributed by atoms with E-state index in [2.05, 4.69) is 15.4 Å². The molecule has 1 aliphatic heterocycles. The number of aryl methyl sites for hydroxylation is 1. The zero-order valence-electron chi connectivity index (χ0n) is 16.9. The fourth-order valence-electron chi connectivity index (χ4n) is 3.53. The molecule has 0 saturated carbocycles. The summed E-state index contributed by atoms with van der Waals surface area (Å²) < 4.78 is 52.8. The van der Waals surface area contributed by atoms with E-state index in [9.17, 15) is 18.0 Å². The highest BCUT2D eigenvalue weighted by Crippen LogP contribution is 2.36. The van der Waals surface area contributed by atoms with Gasteiger partial charge in [0.05, 0.1) is 11.4 Å². The van der Waals surface area contributed by atoms with Gasteiger partial charge in [0.15, 0.2) is 22.8 Å². The van der Waals surface area contributed by atoms with E-state index >= 15 is 0 Å². The van der Waals surface area contributed by atoms with Gasteiger partial charge in [-0.25, -0.2) is 9.50 Å². The molecular formula is C22H14ClF3N4O3. The number of aromatic nitrogens is 3. The van der Waals surface area contributed by atoms with E-state index in [4.69, 9.17) is 21.1 Å². The predicted molar refractivity (Wildman–Crippen MR) is 114 cm³/mol. The third kappa shape index (κ3) is 3.82. The van der Waals surface area contributed by atoms with E-state index in [-0.39, 0.29) is 29.4 Å². The molecule has 1 amide bonds. The molecule has 33 heavy (non-hydrogen) atoms. The molecule has 0 atom stereocenters. The Morgan fingerprint density at radius 1 is 1.09 bits per heavy atom. The van der Waals surface area contributed by atoms with Gasteiger partial charge < -0.3 is 14.8 Å². The fourth-order valence-corrected chi connectivity index (χ4v) is 3.65. The molecule has 11 heteroatoms. The third-order valence-corrected chi connectivity index (χ3v) is 5.30. The molecule has 2 aromatic carbocycles. The number of nitrogens with one attached hydrogen (secondary N) is 1. The Labute approximate surface area is 189 Å². The number of hydrogen-bond donors (Lipinski definition) is 1. The van der Waals surface area contributed by atoms with Crippen molar-refractivity contribution in [2.24, 2.45) is 0 Å². The van der Waals surface area contributed by atoms with Crippen molar-refractivity contribution >= 4 is 28.8 Å². The topological polar surface area (TPSA) is 77.8 Å². The minimum absolute atomic E-state index is 0.0310. The average molecular weight is 475 g/mol. The highest BCUT2D eigenvalue weighted by molar-refractivity contribution is 6.30. The van der Waals surface area contributed by atoms with E-state index in [1.54, 1.807) is 42.5 Å². The van der Waals surface area contributed by atoms with Crippen molar-refractivity contribution in [3.63, 3.8) is 0 Å². The quantitative estimate of drug-likeness (QED) is 0.432. The molecule has 5 rings (SSSR count). The van der Waals surface area contributed by atoms with Crippen LogP contribution in [0.3, 0.4) is 0 Å². The van der Waals surface area contributed by atoms with Crippen LogP contribution in [0, 0.1) is 6.92 Å².